The Morgan fingerprint density at radius 3 is 2.80 bits per heavy atom. The van der Waals surface area contributed by atoms with E-state index in [1.807, 2.05) is 30.3 Å². The molecule has 0 radical (unpaired) electrons. The van der Waals surface area contributed by atoms with Crippen molar-refractivity contribution in [1.82, 2.24) is 15.5 Å². The summed E-state index contributed by atoms with van der Waals surface area (Å²) in [4.78, 5) is 4.57. The van der Waals surface area contributed by atoms with Crippen molar-refractivity contribution in [3.05, 3.63) is 47.6 Å². The maximum atomic E-state index is 5.53. The Balaban J connectivity index is 1.89. The maximum absolute atomic E-state index is 5.53. The van der Waals surface area contributed by atoms with E-state index in [-0.39, 0.29) is 11.5 Å². The number of rotatable bonds is 4. The average molecular weight is 273 g/mol. The molecule has 1 aromatic carbocycles. The van der Waals surface area contributed by atoms with Gasteiger partial charge in [-0.2, -0.15) is 4.98 Å². The number of ether oxygens (including phenoxy) is 1. The molecule has 1 saturated heterocycles. The predicted octanol–water partition coefficient (Wildman–Crippen LogP) is 2.06. The third-order valence-electron chi connectivity index (χ3n) is 3.90. The standard InChI is InChI=1S/C15H19N3O2/c1-15(8-9-16-10-15)14-17-13(18-20-14)12(19-2)11-6-4-3-5-7-11/h3-7,12,16H,8-10H2,1-2H3. The average Bonchev–Trinajstić information content (AvgIpc) is 3.11. The fourth-order valence-electron chi connectivity index (χ4n) is 2.60. The van der Waals surface area contributed by atoms with Gasteiger partial charge < -0.3 is 14.6 Å². The third kappa shape index (κ3) is 2.34. The quantitative estimate of drug-likeness (QED) is 0.924. The van der Waals surface area contributed by atoms with Crippen molar-refractivity contribution in [1.29, 1.82) is 0 Å². The molecule has 2 atom stereocenters. The smallest absolute Gasteiger partial charge is 0.234 e. The molecule has 3 rings (SSSR count). The highest BCUT2D eigenvalue weighted by Crippen LogP contribution is 2.31. The molecule has 0 spiro atoms. The number of benzene rings is 1. The Morgan fingerprint density at radius 2 is 2.15 bits per heavy atom. The van der Waals surface area contributed by atoms with Gasteiger partial charge in [0.05, 0.1) is 5.41 Å². The summed E-state index contributed by atoms with van der Waals surface area (Å²) >= 11 is 0. The zero-order chi connectivity index (χ0) is 14.0. The Bertz CT molecular complexity index is 562. The highest BCUT2D eigenvalue weighted by atomic mass is 16.5. The van der Waals surface area contributed by atoms with Crippen LogP contribution in [0.15, 0.2) is 34.9 Å². The van der Waals surface area contributed by atoms with E-state index in [4.69, 9.17) is 9.26 Å². The van der Waals surface area contributed by atoms with E-state index < -0.39 is 0 Å². The summed E-state index contributed by atoms with van der Waals surface area (Å²) in [6, 6.07) is 9.93. The molecule has 106 valence electrons. The minimum Gasteiger partial charge on any atom is -0.369 e. The Morgan fingerprint density at radius 1 is 1.35 bits per heavy atom. The molecule has 2 heterocycles. The van der Waals surface area contributed by atoms with Crippen molar-refractivity contribution in [2.24, 2.45) is 0 Å². The first-order valence-corrected chi connectivity index (χ1v) is 6.85. The van der Waals surface area contributed by atoms with Crippen LogP contribution < -0.4 is 5.32 Å². The SMILES string of the molecule is COC(c1ccccc1)c1noc(C2(C)CCNC2)n1. The molecule has 0 aliphatic carbocycles. The second kappa shape index (κ2) is 5.34. The Hall–Kier alpha value is -1.72. The molecule has 1 aromatic heterocycles. The highest BCUT2D eigenvalue weighted by Gasteiger charge is 2.37. The lowest BCUT2D eigenvalue weighted by molar-refractivity contribution is 0.126. The van der Waals surface area contributed by atoms with E-state index in [1.54, 1.807) is 7.11 Å². The minimum atomic E-state index is -0.285. The first kappa shape index (κ1) is 13.3. The summed E-state index contributed by atoms with van der Waals surface area (Å²) in [5.41, 5.74) is 0.956. The lowest BCUT2D eigenvalue weighted by Gasteiger charge is -2.16. The zero-order valence-corrected chi connectivity index (χ0v) is 11.8. The molecule has 5 nitrogen and oxygen atoms in total. The van der Waals surface area contributed by atoms with Crippen molar-refractivity contribution in [3.8, 4) is 0 Å². The van der Waals surface area contributed by atoms with Crippen LogP contribution in [0, 0.1) is 0 Å². The number of nitrogens with zero attached hydrogens (tertiary/aromatic N) is 2. The molecule has 2 aromatic rings. The first-order valence-electron chi connectivity index (χ1n) is 6.85. The van der Waals surface area contributed by atoms with Gasteiger partial charge in [-0.1, -0.05) is 35.5 Å². The molecule has 1 aliphatic rings. The van der Waals surface area contributed by atoms with Gasteiger partial charge >= 0.3 is 0 Å². The van der Waals surface area contributed by atoms with Crippen LogP contribution in [-0.4, -0.2) is 30.3 Å². The maximum Gasteiger partial charge on any atom is 0.234 e. The van der Waals surface area contributed by atoms with E-state index in [0.29, 0.717) is 11.7 Å². The zero-order valence-electron chi connectivity index (χ0n) is 11.8. The predicted molar refractivity (Wildman–Crippen MR) is 74.4 cm³/mol. The molecular weight excluding hydrogens is 254 g/mol. The lowest BCUT2D eigenvalue weighted by Crippen LogP contribution is -2.25. The summed E-state index contributed by atoms with van der Waals surface area (Å²) in [5.74, 6) is 1.28. The molecule has 2 unspecified atom stereocenters. The van der Waals surface area contributed by atoms with Gasteiger partial charge in [0.2, 0.25) is 11.7 Å². The Labute approximate surface area is 118 Å². The lowest BCUT2D eigenvalue weighted by atomic mass is 9.90. The molecular formula is C15H19N3O2. The van der Waals surface area contributed by atoms with E-state index in [1.165, 1.54) is 0 Å². The van der Waals surface area contributed by atoms with Crippen LogP contribution in [0.4, 0.5) is 0 Å². The third-order valence-corrected chi connectivity index (χ3v) is 3.90. The van der Waals surface area contributed by atoms with Gasteiger partial charge in [0.1, 0.15) is 6.10 Å². The van der Waals surface area contributed by atoms with Gasteiger partial charge in [0.15, 0.2) is 0 Å². The monoisotopic (exact) mass is 273 g/mol. The van der Waals surface area contributed by atoms with E-state index in [0.717, 1.165) is 25.1 Å². The molecule has 5 heteroatoms. The molecule has 1 aliphatic heterocycles. The molecule has 0 amide bonds. The number of hydrogen-bond donors (Lipinski definition) is 1. The summed E-state index contributed by atoms with van der Waals surface area (Å²) in [6.07, 6.45) is 0.726. The summed E-state index contributed by atoms with van der Waals surface area (Å²) in [7, 11) is 1.66. The van der Waals surface area contributed by atoms with Gasteiger partial charge in [-0.15, -0.1) is 0 Å². The van der Waals surface area contributed by atoms with E-state index >= 15 is 0 Å². The van der Waals surface area contributed by atoms with Crippen LogP contribution in [0.5, 0.6) is 0 Å². The normalized spacial score (nSPS) is 23.9. The summed E-state index contributed by atoms with van der Waals surface area (Å²) in [5, 5.41) is 7.45. The molecule has 0 bridgehead atoms. The van der Waals surface area contributed by atoms with Gasteiger partial charge in [-0.3, -0.25) is 0 Å². The van der Waals surface area contributed by atoms with Crippen LogP contribution in [0.2, 0.25) is 0 Å². The number of nitrogens with one attached hydrogen (secondary N) is 1. The van der Waals surface area contributed by atoms with Gasteiger partial charge in [0.25, 0.3) is 0 Å². The highest BCUT2D eigenvalue weighted by molar-refractivity contribution is 5.23. The Kier molecular flexibility index (Phi) is 3.54. The number of methoxy groups -OCH3 is 1. The number of aromatic nitrogens is 2. The van der Waals surface area contributed by atoms with Crippen molar-refractivity contribution >= 4 is 0 Å². The summed E-state index contributed by atoms with van der Waals surface area (Å²) in [6.45, 7) is 4.01. The topological polar surface area (TPSA) is 60.2 Å². The van der Waals surface area contributed by atoms with Crippen molar-refractivity contribution in [2.75, 3.05) is 20.2 Å². The first-order chi connectivity index (χ1) is 9.73. The van der Waals surface area contributed by atoms with Crippen molar-refractivity contribution < 1.29 is 9.26 Å². The molecule has 1 fully saturated rings. The fraction of sp³-hybridized carbons (Fsp3) is 0.467. The molecule has 1 N–H and O–H groups in total. The second-order valence-corrected chi connectivity index (χ2v) is 5.47. The van der Waals surface area contributed by atoms with Crippen LogP contribution in [-0.2, 0) is 10.2 Å². The van der Waals surface area contributed by atoms with Crippen molar-refractivity contribution in [3.63, 3.8) is 0 Å². The summed E-state index contributed by atoms with van der Waals surface area (Å²) < 4.78 is 11.0. The van der Waals surface area contributed by atoms with Gasteiger partial charge in [-0.25, -0.2) is 0 Å². The van der Waals surface area contributed by atoms with E-state index in [9.17, 15) is 0 Å². The largest absolute Gasteiger partial charge is 0.369 e. The number of hydrogen-bond acceptors (Lipinski definition) is 5. The minimum absolute atomic E-state index is 0.0692. The van der Waals surface area contributed by atoms with Crippen LogP contribution >= 0.6 is 0 Å². The van der Waals surface area contributed by atoms with Crippen LogP contribution in [0.3, 0.4) is 0 Å². The second-order valence-electron chi connectivity index (χ2n) is 5.47. The fourth-order valence-corrected chi connectivity index (χ4v) is 2.60. The molecule has 20 heavy (non-hydrogen) atoms. The van der Waals surface area contributed by atoms with Gasteiger partial charge in [0, 0.05) is 13.7 Å². The van der Waals surface area contributed by atoms with Crippen LogP contribution in [0.25, 0.3) is 0 Å². The van der Waals surface area contributed by atoms with Crippen LogP contribution in [0.1, 0.15) is 36.7 Å². The van der Waals surface area contributed by atoms with E-state index in [2.05, 4.69) is 22.4 Å². The molecule has 0 saturated carbocycles. The van der Waals surface area contributed by atoms with Crippen molar-refractivity contribution in [2.45, 2.75) is 24.9 Å². The van der Waals surface area contributed by atoms with Gasteiger partial charge in [-0.05, 0) is 25.5 Å².